The van der Waals surface area contributed by atoms with E-state index in [9.17, 15) is 55.5 Å². The Kier molecular flexibility index (Phi) is 24.9. The van der Waals surface area contributed by atoms with Crippen LogP contribution in [0.2, 0.25) is 0 Å². The maximum atomic E-state index is 11.5. The summed E-state index contributed by atoms with van der Waals surface area (Å²) in [5, 5.41) is 114. The Morgan fingerprint density at radius 1 is 0.633 bits per heavy atom. The third-order valence-corrected chi connectivity index (χ3v) is 6.49. The highest BCUT2D eigenvalue weighted by Gasteiger charge is 2.33. The SMILES string of the molecule is COC(O)C(O)C(OCCCOC(O)/C(NC(C)=O)=C(/O)C(O)CCO)C(O)CCOCCCOC(O)/C(NC(C)=O)=C(/O)C(O)CCO. The molecule has 0 aliphatic heterocycles. The largest absolute Gasteiger partial charge is 0.508 e. The summed E-state index contributed by atoms with van der Waals surface area (Å²) in [4.78, 5) is 22.9. The molecule has 20 heteroatoms. The van der Waals surface area contributed by atoms with Crippen LogP contribution in [0.25, 0.3) is 0 Å². The number of aliphatic hydroxyl groups excluding tert-OH is 11. The molecule has 0 spiro atoms. The molecule has 0 aromatic rings. The zero-order chi connectivity index (χ0) is 37.5. The van der Waals surface area contributed by atoms with E-state index in [0.29, 0.717) is 0 Å². The first-order valence-corrected chi connectivity index (χ1v) is 15.5. The predicted octanol–water partition coefficient (Wildman–Crippen LogP) is -3.79. The van der Waals surface area contributed by atoms with Gasteiger partial charge in [-0.2, -0.15) is 0 Å². The van der Waals surface area contributed by atoms with Crippen molar-refractivity contribution in [3.63, 3.8) is 0 Å². The normalized spacial score (nSPS) is 17.9. The van der Waals surface area contributed by atoms with Crippen LogP contribution in [0.15, 0.2) is 22.9 Å². The highest BCUT2D eigenvalue weighted by Crippen LogP contribution is 2.16. The summed E-state index contributed by atoms with van der Waals surface area (Å²) >= 11 is 0. The molecule has 0 saturated carbocycles. The number of ether oxygens (including phenoxy) is 5. The van der Waals surface area contributed by atoms with Crippen LogP contribution in [0.5, 0.6) is 0 Å². The van der Waals surface area contributed by atoms with E-state index in [-0.39, 0.29) is 65.1 Å². The van der Waals surface area contributed by atoms with Crippen molar-refractivity contribution in [2.75, 3.05) is 53.4 Å². The molecule has 0 fully saturated rings. The topological polar surface area (TPSA) is 327 Å². The molecule has 288 valence electrons. The van der Waals surface area contributed by atoms with E-state index in [0.717, 1.165) is 21.0 Å². The van der Waals surface area contributed by atoms with Gasteiger partial charge in [0.15, 0.2) is 18.9 Å². The number of amides is 2. The summed E-state index contributed by atoms with van der Waals surface area (Å²) in [6, 6.07) is 0. The number of hydrogen-bond acceptors (Lipinski definition) is 18. The predicted molar refractivity (Wildman–Crippen MR) is 166 cm³/mol. The molecule has 0 saturated heterocycles. The highest BCUT2D eigenvalue weighted by atomic mass is 16.6. The molecular weight excluding hydrogens is 664 g/mol. The number of methoxy groups -OCH3 is 1. The first-order valence-electron chi connectivity index (χ1n) is 15.5. The van der Waals surface area contributed by atoms with E-state index >= 15 is 0 Å². The molecule has 8 unspecified atom stereocenters. The average Bonchev–Trinajstić information content (AvgIpc) is 3.05. The lowest BCUT2D eigenvalue weighted by atomic mass is 10.0. The average molecular weight is 719 g/mol. The van der Waals surface area contributed by atoms with E-state index in [1.54, 1.807) is 0 Å². The van der Waals surface area contributed by atoms with Crippen LogP contribution in [0.3, 0.4) is 0 Å². The van der Waals surface area contributed by atoms with Crippen molar-refractivity contribution < 1.29 is 89.4 Å². The zero-order valence-corrected chi connectivity index (χ0v) is 27.9. The van der Waals surface area contributed by atoms with Gasteiger partial charge in [0.05, 0.1) is 19.3 Å². The zero-order valence-electron chi connectivity index (χ0n) is 27.9. The molecule has 0 radical (unpaired) electrons. The van der Waals surface area contributed by atoms with E-state index in [4.69, 9.17) is 33.9 Å². The van der Waals surface area contributed by atoms with E-state index in [1.165, 1.54) is 0 Å². The van der Waals surface area contributed by atoms with Gasteiger partial charge in [-0.1, -0.05) is 0 Å². The van der Waals surface area contributed by atoms with Crippen LogP contribution in [-0.2, 0) is 33.3 Å². The Hall–Kier alpha value is -2.54. The molecule has 0 aromatic heterocycles. The van der Waals surface area contributed by atoms with Gasteiger partial charge in [0.25, 0.3) is 0 Å². The first kappa shape index (κ1) is 46.5. The van der Waals surface area contributed by atoms with Crippen LogP contribution in [0, 0.1) is 0 Å². The summed E-state index contributed by atoms with van der Waals surface area (Å²) in [7, 11) is 1.12. The van der Waals surface area contributed by atoms with Gasteiger partial charge in [-0.3, -0.25) is 9.59 Å². The lowest BCUT2D eigenvalue weighted by Gasteiger charge is -2.30. The van der Waals surface area contributed by atoms with Crippen molar-refractivity contribution in [3.05, 3.63) is 22.9 Å². The third kappa shape index (κ3) is 18.9. The van der Waals surface area contributed by atoms with Crippen LogP contribution in [0.4, 0.5) is 0 Å². The molecule has 8 atom stereocenters. The van der Waals surface area contributed by atoms with Crippen molar-refractivity contribution in [1.29, 1.82) is 0 Å². The molecule has 0 rings (SSSR count). The Bertz CT molecular complexity index is 998. The van der Waals surface area contributed by atoms with Crippen molar-refractivity contribution in [2.24, 2.45) is 0 Å². The molecule has 0 bridgehead atoms. The quantitative estimate of drug-likeness (QED) is 0.0210. The molecule has 0 aliphatic rings. The molecule has 0 aromatic carbocycles. The van der Waals surface area contributed by atoms with E-state index < -0.39 is 97.3 Å². The van der Waals surface area contributed by atoms with Crippen LogP contribution in [-0.4, -0.2) is 171 Å². The second-order valence-corrected chi connectivity index (χ2v) is 10.6. The summed E-state index contributed by atoms with van der Waals surface area (Å²) in [5.41, 5.74) is -1.01. The molecule has 2 amide bonds. The van der Waals surface area contributed by atoms with Gasteiger partial charge in [0.2, 0.25) is 11.8 Å². The minimum atomic E-state index is -1.88. The summed E-state index contributed by atoms with van der Waals surface area (Å²) in [5.74, 6) is -2.91. The number of carbonyl (C=O) groups excluding carboxylic acids is 2. The molecule has 49 heavy (non-hydrogen) atoms. The minimum Gasteiger partial charge on any atom is -0.508 e. The second kappa shape index (κ2) is 26.3. The van der Waals surface area contributed by atoms with Crippen LogP contribution < -0.4 is 10.6 Å². The van der Waals surface area contributed by atoms with Crippen molar-refractivity contribution in [1.82, 2.24) is 10.6 Å². The Morgan fingerprint density at radius 2 is 1.06 bits per heavy atom. The summed E-state index contributed by atoms with van der Waals surface area (Å²) in [6.45, 7) is 0.739. The summed E-state index contributed by atoms with van der Waals surface area (Å²) < 4.78 is 26.0. The number of carbonyl (C=O) groups is 2. The van der Waals surface area contributed by atoms with Gasteiger partial charge in [-0.15, -0.1) is 0 Å². The number of nitrogens with one attached hydrogen (secondary N) is 2. The number of rotatable bonds is 28. The standard InChI is InChI=1S/C29H54N2O18/c1-16(34)30-21(23(39)18(36)6-9-32)27(42)48-13-4-11-46-15-8-20(38)26(25(41)29(44)45-3)47-12-5-14-49-28(43)22(31-17(2)35)24(40)19(37)7-10-33/h18-20,25-29,32-33,36-44H,4-15H2,1-3H3,(H,30,34)(H,31,35)/b23-21-,24-22-. The second-order valence-electron chi connectivity index (χ2n) is 10.6. The van der Waals surface area contributed by atoms with Crippen molar-refractivity contribution in [2.45, 2.75) is 95.3 Å². The molecule has 0 heterocycles. The van der Waals surface area contributed by atoms with Gasteiger partial charge in [0.1, 0.15) is 47.3 Å². The highest BCUT2D eigenvalue weighted by molar-refractivity contribution is 5.75. The Labute approximate surface area is 283 Å². The third-order valence-electron chi connectivity index (χ3n) is 6.49. The van der Waals surface area contributed by atoms with Gasteiger partial charge < -0.3 is 90.5 Å². The van der Waals surface area contributed by atoms with Gasteiger partial charge >= 0.3 is 0 Å². The Balaban J connectivity index is 4.93. The summed E-state index contributed by atoms with van der Waals surface area (Å²) in [6.07, 6.45) is -13.3. The molecule has 20 nitrogen and oxygen atoms in total. The van der Waals surface area contributed by atoms with E-state index in [1.807, 2.05) is 0 Å². The van der Waals surface area contributed by atoms with E-state index in [2.05, 4.69) is 10.6 Å². The number of aliphatic hydroxyl groups is 11. The van der Waals surface area contributed by atoms with Crippen molar-refractivity contribution >= 4 is 11.8 Å². The maximum absolute atomic E-state index is 11.5. The number of hydrogen-bond donors (Lipinski definition) is 13. The first-order chi connectivity index (χ1) is 23.1. The van der Waals surface area contributed by atoms with Crippen LogP contribution in [0.1, 0.15) is 46.0 Å². The fourth-order valence-corrected chi connectivity index (χ4v) is 3.97. The van der Waals surface area contributed by atoms with Gasteiger partial charge in [0, 0.05) is 66.8 Å². The molecular formula is C29H54N2O18. The fourth-order valence-electron chi connectivity index (χ4n) is 3.97. The maximum Gasteiger partial charge on any atom is 0.221 e. The Morgan fingerprint density at radius 3 is 1.47 bits per heavy atom. The smallest absolute Gasteiger partial charge is 0.221 e. The van der Waals surface area contributed by atoms with Crippen molar-refractivity contribution in [3.8, 4) is 0 Å². The minimum absolute atomic E-state index is 0.0444. The lowest BCUT2D eigenvalue weighted by Crippen LogP contribution is -2.47. The van der Waals surface area contributed by atoms with Gasteiger partial charge in [-0.05, 0) is 19.3 Å². The molecule has 0 aliphatic carbocycles. The van der Waals surface area contributed by atoms with Gasteiger partial charge in [-0.25, -0.2) is 0 Å². The fraction of sp³-hybridized carbons (Fsp3) is 0.793. The lowest BCUT2D eigenvalue weighted by molar-refractivity contribution is -0.205. The van der Waals surface area contributed by atoms with Crippen LogP contribution >= 0.6 is 0 Å². The molecule has 13 N–H and O–H groups in total. The monoisotopic (exact) mass is 718 g/mol.